The van der Waals surface area contributed by atoms with Crippen LogP contribution in [0.2, 0.25) is 0 Å². The number of nitrogens with two attached hydrogens (primary N) is 1. The van der Waals surface area contributed by atoms with E-state index in [1.807, 2.05) is 6.07 Å². The van der Waals surface area contributed by atoms with Crippen LogP contribution in [0.15, 0.2) is 18.2 Å². The Hall–Kier alpha value is -1.55. The lowest BCUT2D eigenvalue weighted by molar-refractivity contribution is 0.869. The number of hydrogen-bond acceptors (Lipinski definition) is 4. The molecule has 0 saturated heterocycles. The van der Waals surface area contributed by atoms with Crippen LogP contribution < -0.4 is 10.6 Å². The summed E-state index contributed by atoms with van der Waals surface area (Å²) in [7, 11) is 0. The van der Waals surface area contributed by atoms with Crippen molar-refractivity contribution in [1.29, 1.82) is 0 Å². The summed E-state index contributed by atoms with van der Waals surface area (Å²) in [5, 5.41) is 1.12. The Morgan fingerprint density at radius 3 is 2.71 bits per heavy atom. The van der Waals surface area contributed by atoms with E-state index in [9.17, 15) is 0 Å². The van der Waals surface area contributed by atoms with E-state index in [1.54, 1.807) is 11.3 Å². The number of rotatable bonds is 1. The number of aryl methyl sites for hydroxylation is 2. The number of thiazole rings is 1. The number of benzene rings is 1. The third kappa shape index (κ3) is 1.78. The van der Waals surface area contributed by atoms with E-state index in [1.165, 1.54) is 16.0 Å². The first-order chi connectivity index (χ1) is 8.13. The molecule has 3 rings (SSSR count). The maximum absolute atomic E-state index is 5.81. The fourth-order valence-corrected chi connectivity index (χ4v) is 3.05. The van der Waals surface area contributed by atoms with Crippen molar-refractivity contribution in [2.24, 2.45) is 0 Å². The minimum atomic E-state index is 0.845. The van der Waals surface area contributed by atoms with Crippen molar-refractivity contribution in [3.63, 3.8) is 0 Å². The molecule has 0 bridgehead atoms. The molecule has 2 heterocycles. The fraction of sp³-hybridized carbons (Fsp3) is 0.308. The maximum Gasteiger partial charge on any atom is 0.186 e. The minimum absolute atomic E-state index is 0.845. The van der Waals surface area contributed by atoms with Crippen molar-refractivity contribution in [2.75, 3.05) is 10.6 Å². The number of nitrogens with zero attached hydrogens (tertiary/aromatic N) is 2. The molecule has 3 nitrogen and oxygen atoms in total. The third-order valence-electron chi connectivity index (χ3n) is 3.24. The van der Waals surface area contributed by atoms with Crippen molar-refractivity contribution in [1.82, 2.24) is 4.98 Å². The Bertz CT molecular complexity index is 555. The molecule has 88 valence electrons. The highest BCUT2D eigenvalue weighted by molar-refractivity contribution is 7.15. The molecule has 4 heteroatoms. The second-order valence-corrected chi connectivity index (χ2v) is 5.70. The normalized spacial score (nSPS) is 14.1. The van der Waals surface area contributed by atoms with Crippen molar-refractivity contribution in [3.8, 4) is 0 Å². The lowest BCUT2D eigenvalue weighted by Gasteiger charge is -2.12. The van der Waals surface area contributed by atoms with Crippen LogP contribution in [-0.2, 0) is 13.1 Å². The standard InChI is InChI=1S/C13H15N3S/c1-8-9(2)17-13(15-8)16-6-10-3-4-12(14)5-11(10)7-16/h3-5H,6-7,14H2,1-2H3. The zero-order valence-corrected chi connectivity index (χ0v) is 10.8. The van der Waals surface area contributed by atoms with Gasteiger partial charge in [0.2, 0.25) is 0 Å². The molecule has 0 aliphatic carbocycles. The van der Waals surface area contributed by atoms with Gasteiger partial charge in [-0.05, 0) is 37.1 Å². The highest BCUT2D eigenvalue weighted by Crippen LogP contribution is 2.33. The molecule has 2 N–H and O–H groups in total. The van der Waals surface area contributed by atoms with E-state index in [-0.39, 0.29) is 0 Å². The monoisotopic (exact) mass is 245 g/mol. The van der Waals surface area contributed by atoms with Crippen LogP contribution in [0.25, 0.3) is 0 Å². The molecule has 1 aromatic carbocycles. The second kappa shape index (κ2) is 3.74. The summed E-state index contributed by atoms with van der Waals surface area (Å²) in [5.41, 5.74) is 10.5. The van der Waals surface area contributed by atoms with E-state index in [0.29, 0.717) is 0 Å². The molecule has 1 aromatic heterocycles. The zero-order valence-electron chi connectivity index (χ0n) is 10.0. The van der Waals surface area contributed by atoms with Crippen molar-refractivity contribution in [2.45, 2.75) is 26.9 Å². The van der Waals surface area contributed by atoms with E-state index in [4.69, 9.17) is 5.73 Å². The van der Waals surface area contributed by atoms with E-state index in [0.717, 1.165) is 29.6 Å². The molecule has 1 aliphatic rings. The first kappa shape index (κ1) is 10.6. The smallest absolute Gasteiger partial charge is 0.186 e. The van der Waals surface area contributed by atoms with E-state index in [2.05, 4.69) is 35.9 Å². The summed E-state index contributed by atoms with van der Waals surface area (Å²) in [4.78, 5) is 8.23. The summed E-state index contributed by atoms with van der Waals surface area (Å²) in [6.45, 7) is 6.06. The van der Waals surface area contributed by atoms with Gasteiger partial charge < -0.3 is 10.6 Å². The number of fused-ring (bicyclic) bond motifs is 1. The third-order valence-corrected chi connectivity index (χ3v) is 4.37. The van der Waals surface area contributed by atoms with Gasteiger partial charge in [0.25, 0.3) is 0 Å². The number of hydrogen-bond donors (Lipinski definition) is 1. The molecule has 0 unspecified atom stereocenters. The van der Waals surface area contributed by atoms with Gasteiger partial charge >= 0.3 is 0 Å². The second-order valence-electron chi connectivity index (χ2n) is 4.52. The van der Waals surface area contributed by atoms with Gasteiger partial charge in [0, 0.05) is 23.7 Å². The Kier molecular flexibility index (Phi) is 2.33. The zero-order chi connectivity index (χ0) is 12.0. The molecular formula is C13H15N3S. The Balaban J connectivity index is 1.91. The Morgan fingerprint density at radius 2 is 2.00 bits per heavy atom. The molecular weight excluding hydrogens is 230 g/mol. The Morgan fingerprint density at radius 1 is 1.24 bits per heavy atom. The van der Waals surface area contributed by atoms with Crippen LogP contribution in [0.4, 0.5) is 10.8 Å². The Labute approximate surface area is 105 Å². The average molecular weight is 245 g/mol. The first-order valence-electron chi connectivity index (χ1n) is 5.70. The molecule has 1 aliphatic heterocycles. The lowest BCUT2D eigenvalue weighted by Crippen LogP contribution is -2.13. The highest BCUT2D eigenvalue weighted by atomic mass is 32.1. The summed E-state index contributed by atoms with van der Waals surface area (Å²) < 4.78 is 0. The van der Waals surface area contributed by atoms with E-state index >= 15 is 0 Å². The molecule has 0 saturated carbocycles. The summed E-state index contributed by atoms with van der Waals surface area (Å²) in [6.07, 6.45) is 0. The van der Waals surface area contributed by atoms with Crippen LogP contribution in [0.5, 0.6) is 0 Å². The maximum atomic E-state index is 5.81. The van der Waals surface area contributed by atoms with Crippen LogP contribution in [0.3, 0.4) is 0 Å². The SMILES string of the molecule is Cc1nc(N2Cc3ccc(N)cc3C2)sc1C. The number of nitrogen functional groups attached to an aromatic ring is 1. The van der Waals surface area contributed by atoms with Gasteiger partial charge in [-0.3, -0.25) is 0 Å². The van der Waals surface area contributed by atoms with Gasteiger partial charge in [-0.2, -0.15) is 0 Å². The molecule has 2 aromatic rings. The predicted molar refractivity (Wildman–Crippen MR) is 72.3 cm³/mol. The van der Waals surface area contributed by atoms with E-state index < -0.39 is 0 Å². The summed E-state index contributed by atoms with van der Waals surface area (Å²) in [5.74, 6) is 0. The van der Waals surface area contributed by atoms with Gasteiger partial charge in [-0.1, -0.05) is 6.07 Å². The molecule has 0 fully saturated rings. The summed E-state index contributed by atoms with van der Waals surface area (Å²) in [6, 6.07) is 6.17. The van der Waals surface area contributed by atoms with Crippen molar-refractivity contribution < 1.29 is 0 Å². The molecule has 0 radical (unpaired) electrons. The highest BCUT2D eigenvalue weighted by Gasteiger charge is 2.21. The molecule has 0 spiro atoms. The van der Waals surface area contributed by atoms with Gasteiger partial charge in [0.15, 0.2) is 5.13 Å². The average Bonchev–Trinajstić information content (AvgIpc) is 2.83. The molecule has 0 atom stereocenters. The fourth-order valence-electron chi connectivity index (χ4n) is 2.14. The summed E-state index contributed by atoms with van der Waals surface area (Å²) >= 11 is 1.77. The predicted octanol–water partition coefficient (Wildman–Crippen LogP) is 2.86. The van der Waals surface area contributed by atoms with Crippen LogP contribution in [0, 0.1) is 13.8 Å². The largest absolute Gasteiger partial charge is 0.399 e. The van der Waals surface area contributed by atoms with Gasteiger partial charge in [0.1, 0.15) is 0 Å². The van der Waals surface area contributed by atoms with Crippen LogP contribution >= 0.6 is 11.3 Å². The van der Waals surface area contributed by atoms with Gasteiger partial charge in [-0.25, -0.2) is 4.98 Å². The first-order valence-corrected chi connectivity index (χ1v) is 6.51. The number of aromatic nitrogens is 1. The molecule has 17 heavy (non-hydrogen) atoms. The minimum Gasteiger partial charge on any atom is -0.399 e. The van der Waals surface area contributed by atoms with Crippen LogP contribution in [0.1, 0.15) is 21.7 Å². The van der Waals surface area contributed by atoms with Crippen LogP contribution in [-0.4, -0.2) is 4.98 Å². The van der Waals surface area contributed by atoms with Crippen molar-refractivity contribution >= 4 is 22.2 Å². The van der Waals surface area contributed by atoms with Crippen molar-refractivity contribution in [3.05, 3.63) is 39.9 Å². The quantitative estimate of drug-likeness (QED) is 0.786. The topological polar surface area (TPSA) is 42.2 Å². The van der Waals surface area contributed by atoms with Gasteiger partial charge in [-0.15, -0.1) is 11.3 Å². The molecule has 0 amide bonds. The van der Waals surface area contributed by atoms with Gasteiger partial charge in [0.05, 0.1) is 5.69 Å². The number of anilines is 2. The lowest BCUT2D eigenvalue weighted by atomic mass is 10.1.